The van der Waals surface area contributed by atoms with Gasteiger partial charge in [0.2, 0.25) is 0 Å². The Bertz CT molecular complexity index is 731. The largest absolute Gasteiger partial charge is 0.397 e. The zero-order valence-corrected chi connectivity index (χ0v) is 11.4. The van der Waals surface area contributed by atoms with Crippen LogP contribution in [0, 0.1) is 0 Å². The van der Waals surface area contributed by atoms with Crippen LogP contribution in [0.4, 0.5) is 17.1 Å². The maximum absolute atomic E-state index is 5.83. The summed E-state index contributed by atoms with van der Waals surface area (Å²) in [5.41, 5.74) is 10.7. The first-order valence-corrected chi connectivity index (χ1v) is 6.53. The Kier molecular flexibility index (Phi) is 3.02. The predicted octanol–water partition coefficient (Wildman–Crippen LogP) is 3.67. The number of hydrogen-bond acceptors (Lipinski definition) is 5. The highest BCUT2D eigenvalue weighted by atomic mass is 16.6. The van der Waals surface area contributed by atoms with E-state index in [1.165, 1.54) is 5.56 Å². The van der Waals surface area contributed by atoms with Crippen LogP contribution in [-0.4, -0.2) is 10.3 Å². The van der Waals surface area contributed by atoms with E-state index >= 15 is 0 Å². The maximum atomic E-state index is 5.83. The Morgan fingerprint density at radius 1 is 1.00 bits per heavy atom. The molecule has 1 heterocycles. The quantitative estimate of drug-likeness (QED) is 0.709. The molecule has 1 aromatic heterocycles. The summed E-state index contributed by atoms with van der Waals surface area (Å²) in [5, 5.41) is 11.0. The van der Waals surface area contributed by atoms with E-state index in [-0.39, 0.29) is 0 Å². The second kappa shape index (κ2) is 4.85. The normalized spacial score (nSPS) is 11.2. The minimum atomic E-state index is 0.520. The van der Waals surface area contributed by atoms with Gasteiger partial charge in [-0.2, -0.15) is 0 Å². The van der Waals surface area contributed by atoms with Gasteiger partial charge < -0.3 is 11.1 Å². The molecule has 5 heteroatoms. The van der Waals surface area contributed by atoms with Gasteiger partial charge >= 0.3 is 0 Å². The summed E-state index contributed by atoms with van der Waals surface area (Å²) in [5.74, 6) is 0.520. The van der Waals surface area contributed by atoms with E-state index in [1.54, 1.807) is 6.07 Å². The highest BCUT2D eigenvalue weighted by Gasteiger charge is 2.10. The van der Waals surface area contributed by atoms with Gasteiger partial charge in [0.15, 0.2) is 11.0 Å². The number of nitrogens with one attached hydrogen (secondary N) is 1. The minimum Gasteiger partial charge on any atom is -0.397 e. The third-order valence-electron chi connectivity index (χ3n) is 3.30. The molecule has 0 bridgehead atoms. The third-order valence-corrected chi connectivity index (χ3v) is 3.30. The van der Waals surface area contributed by atoms with Crippen LogP contribution in [0.3, 0.4) is 0 Å². The minimum absolute atomic E-state index is 0.520. The van der Waals surface area contributed by atoms with Crippen LogP contribution >= 0.6 is 0 Å². The van der Waals surface area contributed by atoms with Crippen molar-refractivity contribution in [3.05, 3.63) is 42.0 Å². The lowest BCUT2D eigenvalue weighted by Crippen LogP contribution is -1.95. The van der Waals surface area contributed by atoms with Crippen molar-refractivity contribution in [2.24, 2.45) is 0 Å². The molecule has 20 heavy (non-hydrogen) atoms. The van der Waals surface area contributed by atoms with Crippen LogP contribution in [0.15, 0.2) is 41.0 Å². The summed E-state index contributed by atoms with van der Waals surface area (Å²) in [7, 11) is 0. The second-order valence-corrected chi connectivity index (χ2v) is 5.07. The number of nitrogen functional groups attached to an aromatic ring is 1. The molecule has 0 unspecified atom stereocenters. The monoisotopic (exact) mass is 268 g/mol. The number of benzene rings is 2. The van der Waals surface area contributed by atoms with Gasteiger partial charge in [0, 0.05) is 5.69 Å². The first-order chi connectivity index (χ1) is 9.65. The van der Waals surface area contributed by atoms with Crippen LogP contribution in [0.1, 0.15) is 25.3 Å². The maximum Gasteiger partial charge on any atom is 0.160 e. The van der Waals surface area contributed by atoms with Crippen molar-refractivity contribution in [2.75, 3.05) is 11.1 Å². The van der Waals surface area contributed by atoms with Crippen molar-refractivity contribution < 1.29 is 4.63 Å². The number of fused-ring (bicyclic) bond motifs is 1. The van der Waals surface area contributed by atoms with E-state index < -0.39 is 0 Å². The first-order valence-electron chi connectivity index (χ1n) is 6.53. The molecule has 0 radical (unpaired) electrons. The molecule has 0 aliphatic rings. The van der Waals surface area contributed by atoms with Gasteiger partial charge in [0.25, 0.3) is 0 Å². The summed E-state index contributed by atoms with van der Waals surface area (Å²) < 4.78 is 4.75. The average molecular weight is 268 g/mol. The van der Waals surface area contributed by atoms with E-state index in [0.717, 1.165) is 11.4 Å². The fourth-order valence-electron chi connectivity index (χ4n) is 2.09. The van der Waals surface area contributed by atoms with Crippen molar-refractivity contribution in [3.8, 4) is 0 Å². The summed E-state index contributed by atoms with van der Waals surface area (Å²) in [6.07, 6.45) is 0. The number of aromatic nitrogens is 2. The van der Waals surface area contributed by atoms with Crippen molar-refractivity contribution in [2.45, 2.75) is 19.8 Å². The number of anilines is 3. The number of nitrogens with two attached hydrogens (primary N) is 1. The summed E-state index contributed by atoms with van der Waals surface area (Å²) in [6.45, 7) is 4.35. The smallest absolute Gasteiger partial charge is 0.160 e. The van der Waals surface area contributed by atoms with E-state index in [2.05, 4.69) is 41.6 Å². The molecule has 5 nitrogen and oxygen atoms in total. The van der Waals surface area contributed by atoms with Gasteiger partial charge in [-0.25, -0.2) is 4.63 Å². The van der Waals surface area contributed by atoms with E-state index in [0.29, 0.717) is 22.6 Å². The lowest BCUT2D eigenvalue weighted by atomic mass is 10.0. The van der Waals surface area contributed by atoms with Crippen LogP contribution < -0.4 is 11.1 Å². The lowest BCUT2D eigenvalue weighted by Gasteiger charge is -2.09. The zero-order chi connectivity index (χ0) is 14.1. The molecule has 0 aliphatic heterocycles. The van der Waals surface area contributed by atoms with Crippen molar-refractivity contribution >= 4 is 28.1 Å². The predicted molar refractivity (Wildman–Crippen MR) is 80.0 cm³/mol. The van der Waals surface area contributed by atoms with E-state index in [1.807, 2.05) is 18.2 Å². The SMILES string of the molecule is CC(C)c1ccc(Nc2ccc(N)c3nonc23)cc1. The summed E-state index contributed by atoms with van der Waals surface area (Å²) in [4.78, 5) is 0. The van der Waals surface area contributed by atoms with Crippen LogP contribution in [0.5, 0.6) is 0 Å². The highest BCUT2D eigenvalue weighted by molar-refractivity contribution is 5.96. The van der Waals surface area contributed by atoms with E-state index in [9.17, 15) is 0 Å². The molecule has 0 spiro atoms. The Balaban J connectivity index is 1.93. The lowest BCUT2D eigenvalue weighted by molar-refractivity contribution is 0.316. The molecule has 0 atom stereocenters. The third kappa shape index (κ3) is 2.18. The summed E-state index contributed by atoms with van der Waals surface area (Å²) >= 11 is 0. The van der Waals surface area contributed by atoms with Crippen molar-refractivity contribution in [1.82, 2.24) is 10.3 Å². The second-order valence-electron chi connectivity index (χ2n) is 5.07. The Morgan fingerprint density at radius 3 is 2.40 bits per heavy atom. The van der Waals surface area contributed by atoms with Crippen LogP contribution in [0.25, 0.3) is 11.0 Å². The molecular weight excluding hydrogens is 252 g/mol. The van der Waals surface area contributed by atoms with Gasteiger partial charge in [-0.05, 0) is 46.1 Å². The molecule has 3 N–H and O–H groups in total. The fraction of sp³-hybridized carbons (Fsp3) is 0.200. The number of rotatable bonds is 3. The average Bonchev–Trinajstić information content (AvgIpc) is 2.93. The van der Waals surface area contributed by atoms with E-state index in [4.69, 9.17) is 10.4 Å². The molecule has 3 rings (SSSR count). The number of hydrogen-bond donors (Lipinski definition) is 2. The van der Waals surface area contributed by atoms with Gasteiger partial charge in [0.1, 0.15) is 0 Å². The van der Waals surface area contributed by atoms with Gasteiger partial charge in [0.05, 0.1) is 11.4 Å². The Morgan fingerprint density at radius 2 is 1.70 bits per heavy atom. The van der Waals surface area contributed by atoms with Crippen molar-refractivity contribution in [1.29, 1.82) is 0 Å². The van der Waals surface area contributed by atoms with Crippen LogP contribution in [0.2, 0.25) is 0 Å². The van der Waals surface area contributed by atoms with Gasteiger partial charge in [-0.1, -0.05) is 26.0 Å². The Labute approximate surface area is 116 Å². The zero-order valence-electron chi connectivity index (χ0n) is 11.4. The molecule has 3 aromatic rings. The van der Waals surface area contributed by atoms with Gasteiger partial charge in [-0.3, -0.25) is 0 Å². The molecule has 0 saturated heterocycles. The molecule has 0 amide bonds. The molecule has 0 aliphatic carbocycles. The fourth-order valence-corrected chi connectivity index (χ4v) is 2.09. The standard InChI is InChI=1S/C15H16N4O/c1-9(2)10-3-5-11(6-4-10)17-13-8-7-12(16)14-15(13)19-20-18-14/h3-9,17H,16H2,1-2H3. The highest BCUT2D eigenvalue weighted by Crippen LogP contribution is 2.28. The molecule has 102 valence electrons. The van der Waals surface area contributed by atoms with Crippen LogP contribution in [-0.2, 0) is 0 Å². The Hall–Kier alpha value is -2.56. The molecular formula is C15H16N4O. The van der Waals surface area contributed by atoms with Gasteiger partial charge in [-0.15, -0.1) is 0 Å². The molecule has 0 saturated carbocycles. The topological polar surface area (TPSA) is 77.0 Å². The molecule has 0 fully saturated rings. The summed E-state index contributed by atoms with van der Waals surface area (Å²) in [6, 6.07) is 12.0. The number of nitrogens with zero attached hydrogens (tertiary/aromatic N) is 2. The molecule has 2 aromatic carbocycles. The first kappa shape index (κ1) is 12.5. The van der Waals surface area contributed by atoms with Crippen molar-refractivity contribution in [3.63, 3.8) is 0 Å².